The zero-order valence-electron chi connectivity index (χ0n) is 14.1. The van der Waals surface area contributed by atoms with Crippen molar-refractivity contribution >= 4 is 22.6 Å². The van der Waals surface area contributed by atoms with E-state index in [0.717, 1.165) is 0 Å². The Kier molecular flexibility index (Phi) is 5.41. The number of rotatable bonds is 7. The monoisotopic (exact) mass is 369 g/mol. The van der Waals surface area contributed by atoms with Crippen LogP contribution in [0.25, 0.3) is 10.9 Å². The molecule has 0 saturated carbocycles. The fraction of sp³-hybridized carbons (Fsp3) is 0.167. The Morgan fingerprint density at radius 1 is 1.15 bits per heavy atom. The number of hydrogen-bond acceptors (Lipinski definition) is 7. The van der Waals surface area contributed by atoms with Gasteiger partial charge in [-0.2, -0.15) is 0 Å². The van der Waals surface area contributed by atoms with Gasteiger partial charge in [0.15, 0.2) is 12.4 Å². The van der Waals surface area contributed by atoms with Gasteiger partial charge in [-0.15, -0.1) is 0 Å². The fourth-order valence-corrected chi connectivity index (χ4v) is 2.43. The molecule has 9 nitrogen and oxygen atoms in total. The second kappa shape index (κ2) is 8.09. The van der Waals surface area contributed by atoms with Gasteiger partial charge in [-0.25, -0.2) is 9.78 Å². The van der Waals surface area contributed by atoms with Crippen molar-refractivity contribution in [3.8, 4) is 5.75 Å². The van der Waals surface area contributed by atoms with Gasteiger partial charge in [-0.3, -0.25) is 19.5 Å². The van der Waals surface area contributed by atoms with Gasteiger partial charge < -0.3 is 9.47 Å². The second-order valence-electron chi connectivity index (χ2n) is 5.49. The van der Waals surface area contributed by atoms with Gasteiger partial charge >= 0.3 is 11.7 Å². The van der Waals surface area contributed by atoms with E-state index in [1.807, 2.05) is 0 Å². The lowest BCUT2D eigenvalue weighted by atomic mass is 10.2. The number of hydrogen-bond donors (Lipinski definition) is 0. The quantitative estimate of drug-likeness (QED) is 0.355. The number of carbonyl (C=O) groups excluding carboxylic acids is 1. The molecule has 0 bridgehead atoms. The summed E-state index contributed by atoms with van der Waals surface area (Å²) in [6.07, 6.45) is 1.39. The van der Waals surface area contributed by atoms with Gasteiger partial charge in [0.1, 0.15) is 6.61 Å². The molecule has 0 aliphatic heterocycles. The molecule has 2 aromatic carbocycles. The molecule has 27 heavy (non-hydrogen) atoms. The largest absolute Gasteiger partial charge is 0.475 e. The lowest BCUT2D eigenvalue weighted by Gasteiger charge is -2.09. The maximum absolute atomic E-state index is 12.3. The molecule has 9 heteroatoms. The summed E-state index contributed by atoms with van der Waals surface area (Å²) >= 11 is 0. The van der Waals surface area contributed by atoms with Crippen molar-refractivity contribution in [1.82, 2.24) is 9.55 Å². The van der Waals surface area contributed by atoms with Gasteiger partial charge in [-0.05, 0) is 18.2 Å². The van der Waals surface area contributed by atoms with Crippen LogP contribution in [0.1, 0.15) is 0 Å². The number of fused-ring (bicyclic) bond motifs is 1. The smallest absolute Gasteiger partial charge is 0.344 e. The zero-order valence-corrected chi connectivity index (χ0v) is 14.1. The van der Waals surface area contributed by atoms with E-state index in [4.69, 9.17) is 9.47 Å². The van der Waals surface area contributed by atoms with Crippen LogP contribution in [0.2, 0.25) is 0 Å². The van der Waals surface area contributed by atoms with Gasteiger partial charge in [0.25, 0.3) is 5.56 Å². The highest BCUT2D eigenvalue weighted by molar-refractivity contribution is 5.76. The summed E-state index contributed by atoms with van der Waals surface area (Å²) in [5, 5.41) is 11.4. The molecule has 3 rings (SSSR count). The molecule has 0 N–H and O–H groups in total. The van der Waals surface area contributed by atoms with Crippen LogP contribution in [0.5, 0.6) is 5.75 Å². The van der Waals surface area contributed by atoms with Gasteiger partial charge in [0.05, 0.1) is 28.7 Å². The minimum Gasteiger partial charge on any atom is -0.475 e. The number of nitro benzene ring substituents is 1. The third kappa shape index (κ3) is 4.27. The van der Waals surface area contributed by atoms with E-state index < -0.39 is 17.5 Å². The SMILES string of the molecule is O=C(COc1ccccc1[N+](=O)[O-])OCCn1cnc2ccccc2c1=O. The van der Waals surface area contributed by atoms with E-state index in [0.29, 0.717) is 10.9 Å². The number of para-hydroxylation sites is 3. The predicted molar refractivity (Wildman–Crippen MR) is 95.6 cm³/mol. The van der Waals surface area contributed by atoms with E-state index in [2.05, 4.69) is 4.98 Å². The summed E-state index contributed by atoms with van der Waals surface area (Å²) in [6.45, 7) is -0.400. The average Bonchev–Trinajstić information content (AvgIpc) is 2.68. The first-order valence-corrected chi connectivity index (χ1v) is 8.02. The van der Waals surface area contributed by atoms with E-state index >= 15 is 0 Å². The maximum Gasteiger partial charge on any atom is 0.344 e. The first-order chi connectivity index (χ1) is 13.1. The Hall–Kier alpha value is -3.75. The first kappa shape index (κ1) is 18.1. The molecule has 0 saturated heterocycles. The second-order valence-corrected chi connectivity index (χ2v) is 5.49. The van der Waals surface area contributed by atoms with Crippen LogP contribution in [0.15, 0.2) is 59.7 Å². The van der Waals surface area contributed by atoms with E-state index in [-0.39, 0.29) is 30.1 Å². The Balaban J connectivity index is 1.54. The average molecular weight is 369 g/mol. The molecule has 0 fully saturated rings. The molecule has 1 heterocycles. The van der Waals surface area contributed by atoms with Gasteiger partial charge in [0.2, 0.25) is 0 Å². The van der Waals surface area contributed by atoms with Crippen molar-refractivity contribution in [2.45, 2.75) is 6.54 Å². The van der Waals surface area contributed by atoms with Crippen LogP contribution in [-0.4, -0.2) is 33.7 Å². The minimum atomic E-state index is -0.699. The Labute approximate surface area is 152 Å². The number of nitro groups is 1. The van der Waals surface area contributed by atoms with Crippen LogP contribution in [0, 0.1) is 10.1 Å². The Bertz CT molecular complexity index is 1050. The highest BCUT2D eigenvalue weighted by Gasteiger charge is 2.15. The van der Waals surface area contributed by atoms with Crippen molar-refractivity contribution in [3.05, 3.63) is 75.3 Å². The standard InChI is InChI=1S/C18H15N3O6/c22-17(11-27-16-8-4-3-7-15(16)21(24)25)26-10-9-20-12-19-14-6-2-1-5-13(14)18(20)23/h1-8,12H,9-11H2. The fourth-order valence-electron chi connectivity index (χ4n) is 2.43. The minimum absolute atomic E-state index is 0.0191. The molecule has 0 amide bonds. The highest BCUT2D eigenvalue weighted by Crippen LogP contribution is 2.25. The van der Waals surface area contributed by atoms with Gasteiger partial charge in [-0.1, -0.05) is 24.3 Å². The van der Waals surface area contributed by atoms with Crippen molar-refractivity contribution in [2.24, 2.45) is 0 Å². The zero-order chi connectivity index (χ0) is 19.2. The van der Waals surface area contributed by atoms with Crippen molar-refractivity contribution in [1.29, 1.82) is 0 Å². The van der Waals surface area contributed by atoms with Crippen molar-refractivity contribution in [3.63, 3.8) is 0 Å². The molecule has 138 valence electrons. The van der Waals surface area contributed by atoms with E-state index in [9.17, 15) is 19.7 Å². The number of nitrogens with zero attached hydrogens (tertiary/aromatic N) is 3. The van der Waals surface area contributed by atoms with E-state index in [1.165, 1.54) is 29.1 Å². The summed E-state index contributed by atoms with van der Waals surface area (Å²) in [6, 6.07) is 12.7. The topological polar surface area (TPSA) is 114 Å². The molecular weight excluding hydrogens is 354 g/mol. The Morgan fingerprint density at radius 3 is 2.70 bits per heavy atom. The summed E-state index contributed by atoms with van der Waals surface area (Å²) in [5.74, 6) is -0.718. The summed E-state index contributed by atoms with van der Waals surface area (Å²) < 4.78 is 11.5. The molecule has 0 spiro atoms. The summed E-state index contributed by atoms with van der Waals surface area (Å²) in [7, 11) is 0. The highest BCUT2D eigenvalue weighted by atomic mass is 16.6. The molecule has 0 radical (unpaired) electrons. The normalized spacial score (nSPS) is 10.5. The molecule has 0 aliphatic carbocycles. The molecule has 3 aromatic rings. The molecule has 0 aliphatic rings. The summed E-state index contributed by atoms with van der Waals surface area (Å²) in [4.78, 5) is 38.5. The lowest BCUT2D eigenvalue weighted by molar-refractivity contribution is -0.385. The van der Waals surface area contributed by atoms with Crippen LogP contribution < -0.4 is 10.3 Å². The number of aromatic nitrogens is 2. The summed E-state index contributed by atoms with van der Waals surface area (Å²) in [5.41, 5.74) is 0.125. The van der Waals surface area contributed by atoms with E-state index in [1.54, 1.807) is 30.3 Å². The maximum atomic E-state index is 12.3. The van der Waals surface area contributed by atoms with Crippen molar-refractivity contribution < 1.29 is 19.2 Å². The molecule has 1 aromatic heterocycles. The number of ether oxygens (including phenoxy) is 2. The lowest BCUT2D eigenvalue weighted by Crippen LogP contribution is -2.24. The van der Waals surface area contributed by atoms with Crippen LogP contribution in [0.3, 0.4) is 0 Å². The number of esters is 1. The molecular formula is C18H15N3O6. The van der Waals surface area contributed by atoms with Crippen LogP contribution in [-0.2, 0) is 16.1 Å². The number of carbonyl (C=O) groups is 1. The Morgan fingerprint density at radius 2 is 1.89 bits per heavy atom. The van der Waals surface area contributed by atoms with Crippen molar-refractivity contribution in [2.75, 3.05) is 13.2 Å². The predicted octanol–water partition coefficient (Wildman–Crippen LogP) is 1.93. The van der Waals surface area contributed by atoms with Crippen LogP contribution in [0.4, 0.5) is 5.69 Å². The molecule has 0 unspecified atom stereocenters. The van der Waals surface area contributed by atoms with Gasteiger partial charge in [0, 0.05) is 6.07 Å². The van der Waals surface area contributed by atoms with Crippen LogP contribution >= 0.6 is 0 Å². The third-order valence-electron chi connectivity index (χ3n) is 3.73. The first-order valence-electron chi connectivity index (χ1n) is 8.02. The number of benzene rings is 2. The third-order valence-corrected chi connectivity index (χ3v) is 3.73. The molecule has 0 atom stereocenters.